The van der Waals surface area contributed by atoms with Gasteiger partial charge in [-0.3, -0.25) is 9.59 Å². The van der Waals surface area contributed by atoms with Crippen molar-refractivity contribution in [3.8, 4) is 0 Å². The summed E-state index contributed by atoms with van der Waals surface area (Å²) in [7, 11) is -3.90. The number of nitrogens with one attached hydrogen (secondary N) is 1. The number of carbonyl (C=O) groups is 2. The fraction of sp³-hybridized carbons (Fsp3) is 0.263. The lowest BCUT2D eigenvalue weighted by molar-refractivity contribution is -0.129. The van der Waals surface area contributed by atoms with Gasteiger partial charge in [-0.05, 0) is 49.2 Å². The maximum absolute atomic E-state index is 12.6. The van der Waals surface area contributed by atoms with Crippen LogP contribution in [0, 0.1) is 6.92 Å². The van der Waals surface area contributed by atoms with E-state index in [1.165, 1.54) is 25.1 Å². The number of benzene rings is 2. The van der Waals surface area contributed by atoms with Crippen LogP contribution in [0.15, 0.2) is 47.4 Å². The van der Waals surface area contributed by atoms with E-state index in [1.807, 2.05) is 13.0 Å². The second kappa shape index (κ2) is 8.32. The molecule has 0 radical (unpaired) electrons. The van der Waals surface area contributed by atoms with Gasteiger partial charge in [-0.2, -0.15) is 0 Å². The lowest BCUT2D eigenvalue weighted by Crippen LogP contribution is -2.27. The zero-order valence-electron chi connectivity index (χ0n) is 15.5. The second-order valence-electron chi connectivity index (χ2n) is 6.21. The van der Waals surface area contributed by atoms with Crippen molar-refractivity contribution in [2.45, 2.75) is 32.2 Å². The summed E-state index contributed by atoms with van der Waals surface area (Å²) >= 11 is 0. The topological polar surface area (TPSA) is 110 Å². The average molecular weight is 389 g/mol. The Balaban J connectivity index is 2.24. The SMILES string of the molecule is CCN(Cc1cccc(NC(=O)c2cc(S(N)(=O)=O)ccc2C)c1)C(C)=O. The monoisotopic (exact) mass is 389 g/mol. The Morgan fingerprint density at radius 1 is 1.15 bits per heavy atom. The van der Waals surface area contributed by atoms with Crippen molar-refractivity contribution in [3.63, 3.8) is 0 Å². The van der Waals surface area contributed by atoms with E-state index in [0.29, 0.717) is 24.3 Å². The van der Waals surface area contributed by atoms with Gasteiger partial charge in [-0.1, -0.05) is 18.2 Å². The third-order valence-corrected chi connectivity index (χ3v) is 5.08. The summed E-state index contributed by atoms with van der Waals surface area (Å²) in [6.45, 7) is 6.15. The molecule has 0 spiro atoms. The first-order valence-electron chi connectivity index (χ1n) is 8.41. The number of sulfonamides is 1. The smallest absolute Gasteiger partial charge is 0.255 e. The molecule has 0 aliphatic carbocycles. The summed E-state index contributed by atoms with van der Waals surface area (Å²) in [4.78, 5) is 25.7. The quantitative estimate of drug-likeness (QED) is 0.789. The van der Waals surface area contributed by atoms with E-state index in [4.69, 9.17) is 5.14 Å². The first kappa shape index (κ1) is 20.6. The molecule has 2 amide bonds. The molecule has 2 rings (SSSR count). The number of hydrogen-bond acceptors (Lipinski definition) is 4. The van der Waals surface area contributed by atoms with Crippen LogP contribution in [0.4, 0.5) is 5.69 Å². The molecule has 2 aromatic carbocycles. The molecule has 0 saturated carbocycles. The number of hydrogen-bond donors (Lipinski definition) is 2. The van der Waals surface area contributed by atoms with Crippen LogP contribution in [0.3, 0.4) is 0 Å². The van der Waals surface area contributed by atoms with Crippen LogP contribution in [0.5, 0.6) is 0 Å². The maximum Gasteiger partial charge on any atom is 0.255 e. The van der Waals surface area contributed by atoms with Crippen LogP contribution >= 0.6 is 0 Å². The highest BCUT2D eigenvalue weighted by molar-refractivity contribution is 7.89. The Labute approximate surface area is 159 Å². The Bertz CT molecular complexity index is 971. The van der Waals surface area contributed by atoms with Crippen LogP contribution < -0.4 is 10.5 Å². The van der Waals surface area contributed by atoms with E-state index in [-0.39, 0.29) is 16.4 Å². The molecule has 8 heteroatoms. The molecule has 2 aromatic rings. The van der Waals surface area contributed by atoms with Crippen LogP contribution in [0.25, 0.3) is 0 Å². The van der Waals surface area contributed by atoms with Crippen LogP contribution in [0.1, 0.15) is 35.3 Å². The fourth-order valence-electron chi connectivity index (χ4n) is 2.63. The lowest BCUT2D eigenvalue weighted by atomic mass is 10.1. The van der Waals surface area contributed by atoms with E-state index in [9.17, 15) is 18.0 Å². The zero-order valence-corrected chi connectivity index (χ0v) is 16.3. The summed E-state index contributed by atoms with van der Waals surface area (Å²) in [5.41, 5.74) is 2.29. The Kier molecular flexibility index (Phi) is 6.35. The zero-order chi connectivity index (χ0) is 20.2. The van der Waals surface area contributed by atoms with Crippen LogP contribution in [-0.4, -0.2) is 31.7 Å². The van der Waals surface area contributed by atoms with Gasteiger partial charge in [0, 0.05) is 31.3 Å². The van der Waals surface area contributed by atoms with Crippen LogP contribution in [-0.2, 0) is 21.4 Å². The molecule has 0 aromatic heterocycles. The largest absolute Gasteiger partial charge is 0.339 e. The number of nitrogens with two attached hydrogens (primary N) is 1. The number of nitrogens with zero attached hydrogens (tertiary/aromatic N) is 1. The fourth-order valence-corrected chi connectivity index (χ4v) is 3.17. The molecule has 0 unspecified atom stereocenters. The highest BCUT2D eigenvalue weighted by Crippen LogP contribution is 2.18. The van der Waals surface area contributed by atoms with Crippen molar-refractivity contribution in [1.29, 1.82) is 0 Å². The molecule has 3 N–H and O–H groups in total. The predicted molar refractivity (Wildman–Crippen MR) is 104 cm³/mol. The van der Waals surface area contributed by atoms with Crippen molar-refractivity contribution in [2.75, 3.05) is 11.9 Å². The van der Waals surface area contributed by atoms with E-state index in [0.717, 1.165) is 5.56 Å². The highest BCUT2D eigenvalue weighted by atomic mass is 32.2. The standard InChI is InChI=1S/C19H23N3O4S/c1-4-22(14(3)23)12-15-6-5-7-16(10-15)21-19(24)18-11-17(27(20,25)26)9-8-13(18)2/h5-11H,4,12H2,1-3H3,(H,21,24)(H2,20,25,26). The molecule has 0 aliphatic rings. The summed E-state index contributed by atoms with van der Waals surface area (Å²) in [5, 5.41) is 7.90. The summed E-state index contributed by atoms with van der Waals surface area (Å²) in [6, 6.07) is 11.3. The molecular formula is C19H23N3O4S. The number of rotatable bonds is 6. The Morgan fingerprint density at radius 3 is 2.44 bits per heavy atom. The summed E-state index contributed by atoms with van der Waals surface area (Å²) in [6.07, 6.45) is 0. The summed E-state index contributed by atoms with van der Waals surface area (Å²) < 4.78 is 23.0. The highest BCUT2D eigenvalue weighted by Gasteiger charge is 2.15. The van der Waals surface area contributed by atoms with Gasteiger partial charge in [-0.25, -0.2) is 13.6 Å². The molecule has 0 saturated heterocycles. The van der Waals surface area contributed by atoms with Crippen molar-refractivity contribution >= 4 is 27.5 Å². The number of carbonyl (C=O) groups excluding carboxylic acids is 2. The number of anilines is 1. The Hall–Kier alpha value is -2.71. The molecule has 0 bridgehead atoms. The van der Waals surface area contributed by atoms with Gasteiger partial charge < -0.3 is 10.2 Å². The van der Waals surface area contributed by atoms with Crippen molar-refractivity contribution in [2.24, 2.45) is 5.14 Å². The van der Waals surface area contributed by atoms with E-state index in [2.05, 4.69) is 5.32 Å². The summed E-state index contributed by atoms with van der Waals surface area (Å²) in [5.74, 6) is -0.462. The minimum Gasteiger partial charge on any atom is -0.339 e. The van der Waals surface area contributed by atoms with Gasteiger partial charge in [0.15, 0.2) is 0 Å². The van der Waals surface area contributed by atoms with Gasteiger partial charge >= 0.3 is 0 Å². The maximum atomic E-state index is 12.6. The predicted octanol–water partition coefficient (Wildman–Crippen LogP) is 2.26. The molecule has 0 heterocycles. The molecule has 7 nitrogen and oxygen atoms in total. The van der Waals surface area contributed by atoms with Crippen molar-refractivity contribution in [1.82, 2.24) is 4.90 Å². The minimum absolute atomic E-state index is 0.0256. The first-order valence-corrected chi connectivity index (χ1v) is 9.95. The van der Waals surface area contributed by atoms with Crippen LogP contribution in [0.2, 0.25) is 0 Å². The number of primary sulfonamides is 1. The molecule has 0 aliphatic heterocycles. The van der Waals surface area contributed by atoms with E-state index in [1.54, 1.807) is 30.0 Å². The van der Waals surface area contributed by atoms with Gasteiger partial charge in [0.25, 0.3) is 5.91 Å². The van der Waals surface area contributed by atoms with Gasteiger partial charge in [0.1, 0.15) is 0 Å². The van der Waals surface area contributed by atoms with Gasteiger partial charge in [0.05, 0.1) is 4.90 Å². The normalized spacial score (nSPS) is 11.1. The minimum atomic E-state index is -3.90. The van der Waals surface area contributed by atoms with Gasteiger partial charge in [-0.15, -0.1) is 0 Å². The average Bonchev–Trinajstić information content (AvgIpc) is 2.59. The number of aryl methyl sites for hydroxylation is 1. The third-order valence-electron chi connectivity index (χ3n) is 4.17. The lowest BCUT2D eigenvalue weighted by Gasteiger charge is -2.19. The molecular weight excluding hydrogens is 366 g/mol. The van der Waals surface area contributed by atoms with E-state index >= 15 is 0 Å². The third kappa shape index (κ3) is 5.38. The molecule has 144 valence electrons. The molecule has 0 atom stereocenters. The van der Waals surface area contributed by atoms with Gasteiger partial charge in [0.2, 0.25) is 15.9 Å². The molecule has 27 heavy (non-hydrogen) atoms. The Morgan fingerprint density at radius 2 is 1.85 bits per heavy atom. The second-order valence-corrected chi connectivity index (χ2v) is 7.77. The molecule has 0 fully saturated rings. The first-order chi connectivity index (χ1) is 12.6. The number of amides is 2. The van der Waals surface area contributed by atoms with Crippen molar-refractivity contribution < 1.29 is 18.0 Å². The van der Waals surface area contributed by atoms with Crippen molar-refractivity contribution in [3.05, 3.63) is 59.2 Å². The van der Waals surface area contributed by atoms with E-state index < -0.39 is 15.9 Å².